The molecule has 0 unspecified atom stereocenters. The molecule has 1 aromatic heterocycles. The van der Waals surface area contributed by atoms with Crippen LogP contribution in [-0.4, -0.2) is 21.4 Å². The Bertz CT molecular complexity index is 504. The van der Waals surface area contributed by atoms with Crippen LogP contribution in [0.25, 0.3) is 5.57 Å². The maximum atomic E-state index is 12.4. The van der Waals surface area contributed by atoms with Crippen molar-refractivity contribution in [2.24, 2.45) is 0 Å². The molecule has 0 fully saturated rings. The minimum atomic E-state index is -0.280. The standard InChI is InChI=1S/C14H20BrN3O/c1-6-7-10(13(19)18-14(3,4)5)12-9(2)16-8-11(15)17-12/h7-8H,6H2,1-5H3,(H,18,19)/b10-7+. The molecular formula is C14H20BrN3O. The molecule has 5 heteroatoms. The van der Waals surface area contributed by atoms with Crippen LogP contribution < -0.4 is 5.32 Å². The molecule has 0 radical (unpaired) electrons. The highest BCUT2D eigenvalue weighted by molar-refractivity contribution is 9.10. The lowest BCUT2D eigenvalue weighted by Gasteiger charge is -2.21. The molecule has 1 amide bonds. The zero-order valence-corrected chi connectivity index (χ0v) is 13.6. The normalized spacial score (nSPS) is 12.4. The van der Waals surface area contributed by atoms with Crippen LogP contribution in [0.5, 0.6) is 0 Å². The highest BCUT2D eigenvalue weighted by atomic mass is 79.9. The third kappa shape index (κ3) is 4.74. The van der Waals surface area contributed by atoms with Crippen LogP contribution >= 0.6 is 15.9 Å². The van der Waals surface area contributed by atoms with Gasteiger partial charge in [0.15, 0.2) is 0 Å². The number of allylic oxidation sites excluding steroid dienone is 1. The van der Waals surface area contributed by atoms with Crippen molar-refractivity contribution in [3.8, 4) is 0 Å². The van der Waals surface area contributed by atoms with Gasteiger partial charge >= 0.3 is 0 Å². The number of carbonyl (C=O) groups is 1. The van der Waals surface area contributed by atoms with Crippen LogP contribution in [0.15, 0.2) is 16.9 Å². The summed E-state index contributed by atoms with van der Waals surface area (Å²) in [5.41, 5.74) is 1.66. The van der Waals surface area contributed by atoms with Crippen molar-refractivity contribution in [3.05, 3.63) is 28.3 Å². The van der Waals surface area contributed by atoms with Gasteiger partial charge in [-0.3, -0.25) is 9.78 Å². The predicted octanol–water partition coefficient (Wildman–Crippen LogP) is 3.26. The van der Waals surface area contributed by atoms with Gasteiger partial charge in [0.1, 0.15) is 4.60 Å². The van der Waals surface area contributed by atoms with Gasteiger partial charge in [-0.05, 0) is 50.0 Å². The molecule has 4 nitrogen and oxygen atoms in total. The molecule has 0 aliphatic rings. The van der Waals surface area contributed by atoms with E-state index in [-0.39, 0.29) is 11.4 Å². The van der Waals surface area contributed by atoms with E-state index in [0.29, 0.717) is 15.9 Å². The summed E-state index contributed by atoms with van der Waals surface area (Å²) in [6.07, 6.45) is 4.27. The number of carbonyl (C=O) groups excluding carboxylic acids is 1. The van der Waals surface area contributed by atoms with Crippen molar-refractivity contribution in [3.63, 3.8) is 0 Å². The van der Waals surface area contributed by atoms with Gasteiger partial charge in [-0.25, -0.2) is 4.98 Å². The van der Waals surface area contributed by atoms with Crippen LogP contribution in [0.4, 0.5) is 0 Å². The molecule has 0 spiro atoms. The zero-order chi connectivity index (χ0) is 14.6. The molecule has 104 valence electrons. The summed E-state index contributed by atoms with van der Waals surface area (Å²) in [6.45, 7) is 9.70. The Morgan fingerprint density at radius 3 is 2.63 bits per heavy atom. The third-order valence-corrected chi connectivity index (χ3v) is 2.70. The average molecular weight is 326 g/mol. The fourth-order valence-electron chi connectivity index (χ4n) is 1.59. The fourth-order valence-corrected chi connectivity index (χ4v) is 1.87. The maximum absolute atomic E-state index is 12.4. The summed E-state index contributed by atoms with van der Waals surface area (Å²) < 4.78 is 0.624. The highest BCUT2D eigenvalue weighted by Gasteiger charge is 2.21. The largest absolute Gasteiger partial charge is 0.347 e. The van der Waals surface area contributed by atoms with Gasteiger partial charge in [0.25, 0.3) is 5.91 Å². The maximum Gasteiger partial charge on any atom is 0.253 e. The number of halogens is 1. The molecule has 0 saturated carbocycles. The molecule has 0 bridgehead atoms. The first kappa shape index (κ1) is 15.8. The average Bonchev–Trinajstić information content (AvgIpc) is 2.27. The van der Waals surface area contributed by atoms with Crippen LogP contribution in [0, 0.1) is 6.92 Å². The number of amides is 1. The second kappa shape index (κ2) is 6.28. The summed E-state index contributed by atoms with van der Waals surface area (Å²) in [6, 6.07) is 0. The number of nitrogens with zero attached hydrogens (tertiary/aromatic N) is 2. The van der Waals surface area contributed by atoms with Crippen LogP contribution in [-0.2, 0) is 4.79 Å². The summed E-state index contributed by atoms with van der Waals surface area (Å²) in [5.74, 6) is -0.121. The molecule has 1 rings (SSSR count). The van der Waals surface area contributed by atoms with E-state index >= 15 is 0 Å². The number of aromatic nitrogens is 2. The number of nitrogens with one attached hydrogen (secondary N) is 1. The smallest absolute Gasteiger partial charge is 0.253 e. The van der Waals surface area contributed by atoms with Crippen molar-refractivity contribution in [1.29, 1.82) is 0 Å². The van der Waals surface area contributed by atoms with Gasteiger partial charge < -0.3 is 5.32 Å². The summed E-state index contributed by atoms with van der Waals surface area (Å²) in [7, 11) is 0. The van der Waals surface area contributed by atoms with Gasteiger partial charge in [-0.15, -0.1) is 0 Å². The van der Waals surface area contributed by atoms with E-state index in [2.05, 4.69) is 31.2 Å². The van der Waals surface area contributed by atoms with Gasteiger partial charge in [0, 0.05) is 5.54 Å². The zero-order valence-electron chi connectivity index (χ0n) is 12.0. The SMILES string of the molecule is CC/C=C(/C(=O)NC(C)(C)C)c1nc(Br)cnc1C. The lowest BCUT2D eigenvalue weighted by Crippen LogP contribution is -2.41. The Hall–Kier alpha value is -1.23. The topological polar surface area (TPSA) is 54.9 Å². The second-order valence-electron chi connectivity index (χ2n) is 5.36. The van der Waals surface area contributed by atoms with Crippen LogP contribution in [0.3, 0.4) is 0 Å². The molecule has 19 heavy (non-hydrogen) atoms. The van der Waals surface area contributed by atoms with E-state index in [0.717, 1.165) is 12.1 Å². The van der Waals surface area contributed by atoms with Crippen molar-refractivity contribution >= 4 is 27.4 Å². The number of aryl methyl sites for hydroxylation is 1. The lowest BCUT2D eigenvalue weighted by atomic mass is 10.0. The Kier molecular flexibility index (Phi) is 5.23. The van der Waals surface area contributed by atoms with E-state index in [1.165, 1.54) is 0 Å². The Morgan fingerprint density at radius 1 is 1.47 bits per heavy atom. The molecule has 0 aliphatic carbocycles. The van der Waals surface area contributed by atoms with E-state index in [9.17, 15) is 4.79 Å². The molecule has 0 saturated heterocycles. The summed E-state index contributed by atoms with van der Waals surface area (Å²) >= 11 is 3.29. The lowest BCUT2D eigenvalue weighted by molar-refractivity contribution is -0.116. The summed E-state index contributed by atoms with van der Waals surface area (Å²) in [5, 5.41) is 2.96. The molecule has 1 heterocycles. The van der Waals surface area contributed by atoms with Crippen molar-refractivity contribution in [2.75, 3.05) is 0 Å². The van der Waals surface area contributed by atoms with Crippen molar-refractivity contribution < 1.29 is 4.79 Å². The van der Waals surface area contributed by atoms with E-state index < -0.39 is 0 Å². The van der Waals surface area contributed by atoms with Crippen LogP contribution in [0.2, 0.25) is 0 Å². The number of hydrogen-bond donors (Lipinski definition) is 1. The molecule has 1 N–H and O–H groups in total. The van der Waals surface area contributed by atoms with E-state index in [4.69, 9.17) is 0 Å². The van der Waals surface area contributed by atoms with Gasteiger partial charge in [0.05, 0.1) is 23.2 Å². The Balaban J connectivity index is 3.18. The predicted molar refractivity (Wildman–Crippen MR) is 80.6 cm³/mol. The fraction of sp³-hybridized carbons (Fsp3) is 0.500. The molecular weight excluding hydrogens is 306 g/mol. The Labute approximate surface area is 122 Å². The quantitative estimate of drug-likeness (QED) is 0.868. The van der Waals surface area contributed by atoms with Crippen LogP contribution in [0.1, 0.15) is 45.5 Å². The number of rotatable bonds is 3. The highest BCUT2D eigenvalue weighted by Crippen LogP contribution is 2.19. The molecule has 0 aromatic carbocycles. The van der Waals surface area contributed by atoms with Gasteiger partial charge in [0.2, 0.25) is 0 Å². The number of hydrogen-bond acceptors (Lipinski definition) is 3. The third-order valence-electron chi connectivity index (χ3n) is 2.32. The first-order chi connectivity index (χ1) is 8.74. The van der Waals surface area contributed by atoms with Gasteiger partial charge in [-0.1, -0.05) is 13.0 Å². The molecule has 0 aliphatic heterocycles. The van der Waals surface area contributed by atoms with Crippen molar-refractivity contribution in [2.45, 2.75) is 46.6 Å². The first-order valence-electron chi connectivity index (χ1n) is 6.26. The first-order valence-corrected chi connectivity index (χ1v) is 7.06. The van der Waals surface area contributed by atoms with Crippen molar-refractivity contribution in [1.82, 2.24) is 15.3 Å². The molecule has 0 atom stereocenters. The van der Waals surface area contributed by atoms with Gasteiger partial charge in [-0.2, -0.15) is 0 Å². The van der Waals surface area contributed by atoms with E-state index in [1.54, 1.807) is 6.20 Å². The minimum absolute atomic E-state index is 0.121. The second-order valence-corrected chi connectivity index (χ2v) is 6.17. The summed E-state index contributed by atoms with van der Waals surface area (Å²) in [4.78, 5) is 20.9. The van der Waals surface area contributed by atoms with E-state index in [1.807, 2.05) is 40.7 Å². The minimum Gasteiger partial charge on any atom is -0.347 e. The monoisotopic (exact) mass is 325 g/mol. The Morgan fingerprint density at radius 2 is 2.11 bits per heavy atom. The molecule has 1 aromatic rings.